The summed E-state index contributed by atoms with van der Waals surface area (Å²) in [6.45, 7) is 3.40. The van der Waals surface area contributed by atoms with Crippen LogP contribution in [0.1, 0.15) is 38.7 Å². The molecule has 0 radical (unpaired) electrons. The van der Waals surface area contributed by atoms with Gasteiger partial charge in [0.2, 0.25) is 17.7 Å². The van der Waals surface area contributed by atoms with E-state index in [4.69, 9.17) is 10.8 Å². The molecule has 0 spiro atoms. The van der Waals surface area contributed by atoms with E-state index in [0.717, 1.165) is 10.9 Å². The first-order chi connectivity index (χ1) is 18.3. The Morgan fingerprint density at radius 1 is 0.872 bits per heavy atom. The number of benzene rings is 1. The van der Waals surface area contributed by atoms with E-state index in [1.165, 1.54) is 0 Å². The number of para-hydroxylation sites is 1. The fourth-order valence-corrected chi connectivity index (χ4v) is 3.88. The zero-order valence-electron chi connectivity index (χ0n) is 21.5. The van der Waals surface area contributed by atoms with Crippen molar-refractivity contribution in [2.45, 2.75) is 63.7 Å². The third kappa shape index (κ3) is 8.81. The highest BCUT2D eigenvalue weighted by Gasteiger charge is 2.33. The zero-order valence-corrected chi connectivity index (χ0v) is 21.5. The normalized spacial score (nSPS) is 14.8. The van der Waals surface area contributed by atoms with Crippen molar-refractivity contribution < 1.29 is 44.1 Å². The highest BCUT2D eigenvalue weighted by atomic mass is 16.4. The van der Waals surface area contributed by atoms with Gasteiger partial charge in [0.25, 0.3) is 0 Å². The van der Waals surface area contributed by atoms with Crippen LogP contribution in [-0.2, 0) is 35.2 Å². The van der Waals surface area contributed by atoms with Gasteiger partial charge < -0.3 is 42.0 Å². The van der Waals surface area contributed by atoms with Gasteiger partial charge in [0.1, 0.15) is 18.1 Å². The van der Waals surface area contributed by atoms with E-state index in [1.54, 1.807) is 44.3 Å². The highest BCUT2D eigenvalue weighted by Crippen LogP contribution is 2.19. The van der Waals surface area contributed by atoms with E-state index in [9.17, 15) is 39.0 Å². The molecule has 1 aromatic carbocycles. The van der Waals surface area contributed by atoms with Gasteiger partial charge in [0, 0.05) is 23.5 Å². The lowest BCUT2D eigenvalue weighted by atomic mass is 9.98. The molecule has 0 saturated carbocycles. The predicted molar refractivity (Wildman–Crippen MR) is 137 cm³/mol. The van der Waals surface area contributed by atoms with Crippen LogP contribution in [0, 0.1) is 5.92 Å². The summed E-state index contributed by atoms with van der Waals surface area (Å²) < 4.78 is 0. The maximum atomic E-state index is 13.3. The minimum absolute atomic E-state index is 0.0965. The lowest BCUT2D eigenvalue weighted by Crippen LogP contribution is -2.58. The number of aliphatic carboxylic acids is 3. The van der Waals surface area contributed by atoms with Gasteiger partial charge in [-0.05, 0) is 17.5 Å². The van der Waals surface area contributed by atoms with E-state index >= 15 is 0 Å². The number of aromatic amines is 1. The molecule has 9 N–H and O–H groups in total. The number of nitrogens with one attached hydrogen (secondary N) is 4. The number of fused-ring (bicyclic) bond motifs is 1. The van der Waals surface area contributed by atoms with Gasteiger partial charge in [-0.25, -0.2) is 4.79 Å². The molecule has 1 heterocycles. The van der Waals surface area contributed by atoms with Gasteiger partial charge in [-0.15, -0.1) is 0 Å². The standard InChI is InChI=1S/C25H33N5O9/c1-3-12(2)21(25(38)39)30-24(37)17(8-13-11-27-16-7-5-4-6-14(13)16)29-23(36)18(10-20(33)34)28-22(35)15(26)9-19(31)32/h4-7,11-12,15,17-18,21,27H,3,8-10,26H2,1-2H3,(H,28,35)(H,29,36)(H,30,37)(H,31,32)(H,33,34)(H,38,39). The molecule has 0 aliphatic rings. The van der Waals surface area contributed by atoms with Crippen molar-refractivity contribution in [2.24, 2.45) is 11.7 Å². The summed E-state index contributed by atoms with van der Waals surface area (Å²) in [4.78, 5) is 75.8. The van der Waals surface area contributed by atoms with Crippen molar-refractivity contribution in [3.8, 4) is 0 Å². The first-order valence-corrected chi connectivity index (χ1v) is 12.2. The number of hydrogen-bond donors (Lipinski definition) is 8. The Kier molecular flexibility index (Phi) is 11.0. The number of carboxylic acids is 3. The van der Waals surface area contributed by atoms with E-state index in [-0.39, 0.29) is 6.42 Å². The van der Waals surface area contributed by atoms with Crippen molar-refractivity contribution >= 4 is 46.5 Å². The number of amides is 3. The van der Waals surface area contributed by atoms with Crippen LogP contribution in [0.3, 0.4) is 0 Å². The minimum Gasteiger partial charge on any atom is -0.481 e. The summed E-state index contributed by atoms with van der Waals surface area (Å²) in [6, 6.07) is 1.30. The molecular formula is C25H33N5O9. The van der Waals surface area contributed by atoms with Crippen LogP contribution in [0.15, 0.2) is 30.5 Å². The van der Waals surface area contributed by atoms with Crippen molar-refractivity contribution in [3.05, 3.63) is 36.0 Å². The van der Waals surface area contributed by atoms with E-state index < -0.39 is 78.6 Å². The Hall–Kier alpha value is -4.46. The highest BCUT2D eigenvalue weighted by molar-refractivity contribution is 5.96. The van der Waals surface area contributed by atoms with Crippen LogP contribution in [-0.4, -0.2) is 80.1 Å². The predicted octanol–water partition coefficient (Wildman–Crippen LogP) is -0.428. The second-order valence-corrected chi connectivity index (χ2v) is 9.20. The topological polar surface area (TPSA) is 241 Å². The van der Waals surface area contributed by atoms with Gasteiger partial charge in [0.15, 0.2) is 0 Å². The molecule has 39 heavy (non-hydrogen) atoms. The number of aromatic nitrogens is 1. The average Bonchev–Trinajstić information content (AvgIpc) is 3.27. The number of carbonyl (C=O) groups is 6. The SMILES string of the molecule is CCC(C)C(NC(=O)C(Cc1c[nH]c2ccccc12)NC(=O)C(CC(=O)O)NC(=O)C(N)CC(=O)O)C(=O)O. The molecule has 5 unspecified atom stereocenters. The van der Waals surface area contributed by atoms with Gasteiger partial charge >= 0.3 is 17.9 Å². The Morgan fingerprint density at radius 2 is 1.46 bits per heavy atom. The number of nitrogens with two attached hydrogens (primary N) is 1. The summed E-state index contributed by atoms with van der Waals surface area (Å²) >= 11 is 0. The van der Waals surface area contributed by atoms with E-state index in [0.29, 0.717) is 12.0 Å². The number of hydrogen-bond acceptors (Lipinski definition) is 7. The maximum Gasteiger partial charge on any atom is 0.326 e. The molecule has 1 aromatic heterocycles. The van der Waals surface area contributed by atoms with Crippen LogP contribution >= 0.6 is 0 Å². The molecule has 2 aromatic rings. The molecule has 3 amide bonds. The van der Waals surface area contributed by atoms with E-state index in [1.807, 2.05) is 0 Å². The van der Waals surface area contributed by atoms with Crippen molar-refractivity contribution in [1.82, 2.24) is 20.9 Å². The van der Waals surface area contributed by atoms with Crippen LogP contribution in [0.25, 0.3) is 10.9 Å². The Morgan fingerprint density at radius 3 is 2.05 bits per heavy atom. The quantitative estimate of drug-likeness (QED) is 0.143. The fraction of sp³-hybridized carbons (Fsp3) is 0.440. The second-order valence-electron chi connectivity index (χ2n) is 9.20. The molecular weight excluding hydrogens is 514 g/mol. The third-order valence-electron chi connectivity index (χ3n) is 6.25. The second kappa shape index (κ2) is 13.9. The van der Waals surface area contributed by atoms with E-state index in [2.05, 4.69) is 20.9 Å². The molecule has 2 rings (SSSR count). The average molecular weight is 548 g/mol. The molecule has 0 aliphatic heterocycles. The number of carboxylic acid groups (broad SMARTS) is 3. The summed E-state index contributed by atoms with van der Waals surface area (Å²) in [6.07, 6.45) is 0.330. The summed E-state index contributed by atoms with van der Waals surface area (Å²) in [5, 5.41) is 35.4. The van der Waals surface area contributed by atoms with Crippen LogP contribution in [0.5, 0.6) is 0 Å². The summed E-state index contributed by atoms with van der Waals surface area (Å²) in [5.74, 6) is -7.49. The fourth-order valence-electron chi connectivity index (χ4n) is 3.88. The van der Waals surface area contributed by atoms with Crippen molar-refractivity contribution in [3.63, 3.8) is 0 Å². The molecule has 0 bridgehead atoms. The molecule has 0 aliphatic carbocycles. The molecule has 0 fully saturated rings. The molecule has 0 saturated heterocycles. The van der Waals surface area contributed by atoms with Crippen LogP contribution in [0.4, 0.5) is 0 Å². The van der Waals surface area contributed by atoms with Crippen molar-refractivity contribution in [1.29, 1.82) is 0 Å². The summed E-state index contributed by atoms with van der Waals surface area (Å²) in [5.41, 5.74) is 6.89. The first-order valence-electron chi connectivity index (χ1n) is 12.2. The molecule has 212 valence electrons. The zero-order chi connectivity index (χ0) is 29.3. The largest absolute Gasteiger partial charge is 0.481 e. The lowest BCUT2D eigenvalue weighted by molar-refractivity contribution is -0.144. The number of H-pyrrole nitrogens is 1. The van der Waals surface area contributed by atoms with Gasteiger partial charge in [0.05, 0.1) is 18.9 Å². The molecule has 5 atom stereocenters. The Bertz CT molecular complexity index is 1230. The lowest BCUT2D eigenvalue weighted by Gasteiger charge is -2.26. The number of carbonyl (C=O) groups excluding carboxylic acids is 3. The molecule has 14 nitrogen and oxygen atoms in total. The van der Waals surface area contributed by atoms with Crippen molar-refractivity contribution in [2.75, 3.05) is 0 Å². The first kappa shape index (κ1) is 30.8. The Labute approximate surface area is 223 Å². The van der Waals surface area contributed by atoms with Gasteiger partial charge in [-0.2, -0.15) is 0 Å². The Balaban J connectivity index is 2.35. The van der Waals surface area contributed by atoms with Gasteiger partial charge in [-0.1, -0.05) is 38.5 Å². The third-order valence-corrected chi connectivity index (χ3v) is 6.25. The monoisotopic (exact) mass is 547 g/mol. The van der Waals surface area contributed by atoms with Gasteiger partial charge in [-0.3, -0.25) is 24.0 Å². The van der Waals surface area contributed by atoms with Crippen LogP contribution in [0.2, 0.25) is 0 Å². The van der Waals surface area contributed by atoms with Crippen LogP contribution < -0.4 is 21.7 Å². The summed E-state index contributed by atoms with van der Waals surface area (Å²) in [7, 11) is 0. The maximum absolute atomic E-state index is 13.3. The minimum atomic E-state index is -1.70. The molecule has 14 heteroatoms. The number of rotatable bonds is 15. The smallest absolute Gasteiger partial charge is 0.326 e.